The summed E-state index contributed by atoms with van der Waals surface area (Å²) in [4.78, 5) is 8.91. The zero-order valence-electron chi connectivity index (χ0n) is 11.5. The van der Waals surface area contributed by atoms with Gasteiger partial charge in [0, 0.05) is 18.6 Å². The zero-order valence-corrected chi connectivity index (χ0v) is 11.5. The predicted octanol–water partition coefficient (Wildman–Crippen LogP) is 3.22. The molecule has 1 atom stereocenters. The number of pyridine rings is 1. The second-order valence-electron chi connectivity index (χ2n) is 5.93. The molecule has 3 heterocycles. The minimum Gasteiger partial charge on any atom is -0.373 e. The maximum Gasteiger partial charge on any atom is 0.158 e. The number of hydrogen-bond donors (Lipinski definition) is 0. The van der Waals surface area contributed by atoms with E-state index in [4.69, 9.17) is 4.74 Å². The molecule has 2 aliphatic rings. The molecule has 20 heavy (non-hydrogen) atoms. The lowest BCUT2D eigenvalue weighted by molar-refractivity contribution is 0.00960. The molecule has 4 nitrogen and oxygen atoms in total. The van der Waals surface area contributed by atoms with Crippen LogP contribution in [0.4, 0.5) is 0 Å². The van der Waals surface area contributed by atoms with E-state index in [9.17, 15) is 0 Å². The Morgan fingerprint density at radius 1 is 1.15 bits per heavy atom. The average Bonchev–Trinajstić information content (AvgIpc) is 3.22. The van der Waals surface area contributed by atoms with Gasteiger partial charge in [-0.2, -0.15) is 0 Å². The lowest BCUT2D eigenvalue weighted by Crippen LogP contribution is -2.23. The van der Waals surface area contributed by atoms with Crippen LogP contribution >= 0.6 is 0 Å². The summed E-state index contributed by atoms with van der Waals surface area (Å²) in [6.45, 7) is 0.802. The SMILES string of the molecule is c1ccc(-c2nccn2[C@H]2COC3(CCCC3)C2)nc1. The van der Waals surface area contributed by atoms with Crippen molar-refractivity contribution in [1.29, 1.82) is 0 Å². The van der Waals surface area contributed by atoms with E-state index >= 15 is 0 Å². The lowest BCUT2D eigenvalue weighted by atomic mass is 9.96. The van der Waals surface area contributed by atoms with Crippen molar-refractivity contribution < 1.29 is 4.74 Å². The van der Waals surface area contributed by atoms with Crippen LogP contribution in [0, 0.1) is 0 Å². The van der Waals surface area contributed by atoms with Gasteiger partial charge in [-0.05, 0) is 31.4 Å². The molecule has 2 fully saturated rings. The average molecular weight is 269 g/mol. The third kappa shape index (κ3) is 1.95. The molecule has 1 spiro atoms. The van der Waals surface area contributed by atoms with Gasteiger partial charge in [0.1, 0.15) is 5.69 Å². The topological polar surface area (TPSA) is 39.9 Å². The van der Waals surface area contributed by atoms with Gasteiger partial charge in [0.05, 0.1) is 18.2 Å². The maximum absolute atomic E-state index is 6.16. The summed E-state index contributed by atoms with van der Waals surface area (Å²) < 4.78 is 8.41. The summed E-state index contributed by atoms with van der Waals surface area (Å²) in [6, 6.07) is 6.35. The summed E-state index contributed by atoms with van der Waals surface area (Å²) in [5.41, 5.74) is 1.08. The largest absolute Gasteiger partial charge is 0.373 e. The van der Waals surface area contributed by atoms with Crippen molar-refractivity contribution in [2.75, 3.05) is 6.61 Å². The minimum absolute atomic E-state index is 0.149. The van der Waals surface area contributed by atoms with E-state index in [1.54, 1.807) is 0 Å². The molecule has 4 rings (SSSR count). The van der Waals surface area contributed by atoms with Crippen LogP contribution in [-0.2, 0) is 4.74 Å². The molecule has 1 saturated carbocycles. The van der Waals surface area contributed by atoms with E-state index in [2.05, 4.69) is 20.7 Å². The number of hydrogen-bond acceptors (Lipinski definition) is 3. The summed E-state index contributed by atoms with van der Waals surface area (Å²) >= 11 is 0. The minimum atomic E-state index is 0.149. The Bertz CT molecular complexity index is 587. The Hall–Kier alpha value is -1.68. The summed E-state index contributed by atoms with van der Waals surface area (Å²) in [6.07, 6.45) is 11.9. The van der Waals surface area contributed by atoms with Crippen LogP contribution in [0.1, 0.15) is 38.1 Å². The molecule has 0 bridgehead atoms. The first-order chi connectivity index (χ1) is 9.86. The summed E-state index contributed by atoms with van der Waals surface area (Å²) in [5.74, 6) is 0.953. The number of nitrogens with zero attached hydrogens (tertiary/aromatic N) is 3. The van der Waals surface area contributed by atoms with Gasteiger partial charge in [-0.3, -0.25) is 4.98 Å². The Labute approximate surface area is 118 Å². The van der Waals surface area contributed by atoms with Gasteiger partial charge in [0.2, 0.25) is 0 Å². The van der Waals surface area contributed by atoms with Gasteiger partial charge >= 0.3 is 0 Å². The molecule has 0 unspecified atom stereocenters. The first kappa shape index (κ1) is 12.1. The third-order valence-corrected chi connectivity index (χ3v) is 4.66. The highest BCUT2D eigenvalue weighted by Crippen LogP contribution is 2.45. The Balaban J connectivity index is 1.63. The molecule has 0 amide bonds. The number of ether oxygens (including phenoxy) is 1. The fourth-order valence-corrected chi connectivity index (χ4v) is 3.67. The second kappa shape index (κ2) is 4.70. The molecule has 1 aliphatic heterocycles. The van der Waals surface area contributed by atoms with E-state index in [1.807, 2.05) is 30.6 Å². The summed E-state index contributed by atoms with van der Waals surface area (Å²) in [5, 5.41) is 0. The van der Waals surface area contributed by atoms with E-state index in [-0.39, 0.29) is 5.60 Å². The van der Waals surface area contributed by atoms with Crippen molar-refractivity contribution in [3.8, 4) is 11.5 Å². The van der Waals surface area contributed by atoms with Gasteiger partial charge in [-0.25, -0.2) is 4.98 Å². The quantitative estimate of drug-likeness (QED) is 0.840. The van der Waals surface area contributed by atoms with E-state index in [1.165, 1.54) is 25.7 Å². The van der Waals surface area contributed by atoms with Crippen molar-refractivity contribution in [1.82, 2.24) is 14.5 Å². The lowest BCUT2D eigenvalue weighted by Gasteiger charge is -2.21. The van der Waals surface area contributed by atoms with E-state index < -0.39 is 0 Å². The van der Waals surface area contributed by atoms with Crippen LogP contribution in [0.3, 0.4) is 0 Å². The molecule has 1 aliphatic carbocycles. The normalized spacial score (nSPS) is 24.5. The molecule has 0 radical (unpaired) electrons. The van der Waals surface area contributed by atoms with Crippen molar-refractivity contribution in [2.45, 2.75) is 43.7 Å². The van der Waals surface area contributed by atoms with E-state index in [0.717, 1.165) is 24.5 Å². The Kier molecular flexibility index (Phi) is 2.84. The second-order valence-corrected chi connectivity index (χ2v) is 5.93. The van der Waals surface area contributed by atoms with Gasteiger partial charge in [0.25, 0.3) is 0 Å². The molecule has 1 saturated heterocycles. The van der Waals surface area contributed by atoms with Crippen LogP contribution in [0.5, 0.6) is 0 Å². The molecular formula is C16H19N3O. The Morgan fingerprint density at radius 3 is 2.85 bits per heavy atom. The van der Waals surface area contributed by atoms with Gasteiger partial charge in [0.15, 0.2) is 5.82 Å². The van der Waals surface area contributed by atoms with Crippen molar-refractivity contribution in [2.24, 2.45) is 0 Å². The molecule has 2 aromatic heterocycles. The van der Waals surface area contributed by atoms with Gasteiger partial charge in [-0.1, -0.05) is 18.9 Å². The molecule has 0 N–H and O–H groups in total. The van der Waals surface area contributed by atoms with Gasteiger partial charge in [-0.15, -0.1) is 0 Å². The smallest absolute Gasteiger partial charge is 0.158 e. The fourth-order valence-electron chi connectivity index (χ4n) is 3.67. The van der Waals surface area contributed by atoms with Crippen molar-refractivity contribution in [3.05, 3.63) is 36.8 Å². The first-order valence-corrected chi connectivity index (χ1v) is 7.45. The highest BCUT2D eigenvalue weighted by molar-refractivity contribution is 5.49. The highest BCUT2D eigenvalue weighted by atomic mass is 16.5. The van der Waals surface area contributed by atoms with Gasteiger partial charge < -0.3 is 9.30 Å². The Morgan fingerprint density at radius 2 is 2.05 bits per heavy atom. The molecule has 2 aromatic rings. The maximum atomic E-state index is 6.16. The highest BCUT2D eigenvalue weighted by Gasteiger charge is 2.43. The van der Waals surface area contributed by atoms with Crippen molar-refractivity contribution >= 4 is 0 Å². The third-order valence-electron chi connectivity index (χ3n) is 4.66. The number of rotatable bonds is 2. The molecule has 0 aromatic carbocycles. The zero-order chi connectivity index (χ0) is 13.4. The fraction of sp³-hybridized carbons (Fsp3) is 0.500. The van der Waals surface area contributed by atoms with Crippen LogP contribution in [-0.4, -0.2) is 26.7 Å². The summed E-state index contributed by atoms with van der Waals surface area (Å²) in [7, 11) is 0. The molecular weight excluding hydrogens is 250 g/mol. The van der Waals surface area contributed by atoms with Crippen LogP contribution < -0.4 is 0 Å². The number of aromatic nitrogens is 3. The van der Waals surface area contributed by atoms with Crippen molar-refractivity contribution in [3.63, 3.8) is 0 Å². The van der Waals surface area contributed by atoms with Crippen LogP contribution in [0.15, 0.2) is 36.8 Å². The molecule has 104 valence electrons. The monoisotopic (exact) mass is 269 g/mol. The first-order valence-electron chi connectivity index (χ1n) is 7.45. The van der Waals surface area contributed by atoms with Crippen LogP contribution in [0.25, 0.3) is 11.5 Å². The number of imidazole rings is 1. The van der Waals surface area contributed by atoms with E-state index in [0.29, 0.717) is 6.04 Å². The predicted molar refractivity (Wildman–Crippen MR) is 76.3 cm³/mol. The molecule has 4 heteroatoms. The standard InChI is InChI=1S/C16H19N3O/c1-4-8-17-14(5-1)15-18-9-10-19(15)13-11-16(20-12-13)6-2-3-7-16/h1,4-5,8-10,13H,2-3,6-7,11-12H2/t13-/m1/s1. The van der Waals surface area contributed by atoms with Crippen LogP contribution in [0.2, 0.25) is 0 Å².